The van der Waals surface area contributed by atoms with Crippen molar-refractivity contribution in [3.8, 4) is 0 Å². The van der Waals surface area contributed by atoms with Crippen LogP contribution in [-0.4, -0.2) is 142 Å². The zero-order valence-corrected chi connectivity index (χ0v) is 30.7. The zero-order chi connectivity index (χ0) is 35.1. The van der Waals surface area contributed by atoms with E-state index in [9.17, 15) is 40.5 Å². The second-order valence-electron chi connectivity index (χ2n) is 13.5. The molecule has 3 aliphatic heterocycles. The molecule has 0 spiro atoms. The van der Waals surface area contributed by atoms with Crippen molar-refractivity contribution >= 4 is 5.97 Å². The smallest absolute Gasteiger partial charge is 0.547 e. The first-order valence-electron chi connectivity index (χ1n) is 17.3. The summed E-state index contributed by atoms with van der Waals surface area (Å²) in [7, 11) is 0. The van der Waals surface area contributed by atoms with Crippen LogP contribution in [0.15, 0.2) is 30.3 Å². The summed E-state index contributed by atoms with van der Waals surface area (Å²) < 4.78 is 42.4. The minimum absolute atomic E-state index is 0. The first kappa shape index (κ1) is 41.9. The first-order chi connectivity index (χ1) is 23.6. The molecule has 15 nitrogen and oxygen atoms in total. The summed E-state index contributed by atoms with van der Waals surface area (Å²) >= 11 is 0. The Morgan fingerprint density at radius 3 is 2.20 bits per heavy atom. The van der Waals surface area contributed by atoms with Gasteiger partial charge in [-0.05, 0) is 31.2 Å². The van der Waals surface area contributed by atoms with Crippen molar-refractivity contribution in [2.45, 2.75) is 144 Å². The molecule has 1 aromatic carbocycles. The molecule has 5 rings (SSSR count). The topological polar surface area (TPSA) is 226 Å². The molecule has 0 amide bonds. The van der Waals surface area contributed by atoms with Crippen molar-refractivity contribution < 1.29 is 103 Å². The number of carboxylic acid groups (broad SMARTS) is 1. The van der Waals surface area contributed by atoms with Gasteiger partial charge >= 0.3 is 29.6 Å². The summed E-state index contributed by atoms with van der Waals surface area (Å²) in [6, 6.07) is 9.13. The van der Waals surface area contributed by atoms with Gasteiger partial charge < -0.3 is 73.7 Å². The van der Waals surface area contributed by atoms with Crippen LogP contribution in [0.1, 0.15) is 57.4 Å². The Kier molecular flexibility index (Phi) is 16.8. The molecular weight excluding hydrogens is 671 g/mol. The van der Waals surface area contributed by atoms with Crippen LogP contribution in [0.5, 0.6) is 0 Å². The molecule has 4 aliphatic rings. The van der Waals surface area contributed by atoms with E-state index in [0.29, 0.717) is 0 Å². The van der Waals surface area contributed by atoms with Crippen LogP contribution in [0.2, 0.25) is 0 Å². The molecule has 0 radical (unpaired) electrons. The van der Waals surface area contributed by atoms with Crippen molar-refractivity contribution in [2.24, 2.45) is 5.92 Å². The maximum Gasteiger partial charge on any atom is 1.00 e. The molecule has 4 fully saturated rings. The number of carbonyl (C=O) groups excluding carboxylic acids is 1. The van der Waals surface area contributed by atoms with Crippen LogP contribution in [0, 0.1) is 5.92 Å². The monoisotopic (exact) mass is 722 g/mol. The molecule has 3 saturated heterocycles. The molecule has 14 atom stereocenters. The third-order valence-electron chi connectivity index (χ3n) is 10.00. The Bertz CT molecular complexity index is 1140. The maximum absolute atomic E-state index is 12.4. The quantitative estimate of drug-likeness (QED) is 0.0996. The van der Waals surface area contributed by atoms with Gasteiger partial charge in [-0.2, -0.15) is 0 Å². The van der Waals surface area contributed by atoms with E-state index in [1.165, 1.54) is 6.92 Å². The van der Waals surface area contributed by atoms with Gasteiger partial charge in [-0.25, -0.2) is 0 Å². The van der Waals surface area contributed by atoms with Crippen molar-refractivity contribution in [1.29, 1.82) is 0 Å². The van der Waals surface area contributed by atoms with Crippen LogP contribution < -0.4 is 34.7 Å². The number of aliphatic hydroxyl groups is 6. The number of aliphatic hydroxyl groups excluding tert-OH is 6. The van der Waals surface area contributed by atoms with Crippen LogP contribution in [0.4, 0.5) is 0 Å². The van der Waals surface area contributed by atoms with Gasteiger partial charge in [0.1, 0.15) is 54.9 Å². The van der Waals surface area contributed by atoms with Crippen LogP contribution in [0.25, 0.3) is 0 Å². The number of rotatable bonds is 14. The molecule has 50 heavy (non-hydrogen) atoms. The SMILES string of the molecule is CC1OC(OC2C(CO)OCCC2OC2OC(CO)C(O)C(O[C@@H](CC3CCCCC3)C(=O)[O-])C2OCc2ccccc2)C(O)C(O)C1O.[Na+]. The van der Waals surface area contributed by atoms with E-state index in [4.69, 9.17) is 33.2 Å². The van der Waals surface area contributed by atoms with E-state index in [1.54, 1.807) is 0 Å². The molecule has 16 heteroatoms. The Morgan fingerprint density at radius 2 is 1.54 bits per heavy atom. The summed E-state index contributed by atoms with van der Waals surface area (Å²) in [4.78, 5) is 12.4. The van der Waals surface area contributed by atoms with Gasteiger partial charge in [0.15, 0.2) is 12.6 Å². The predicted molar refractivity (Wildman–Crippen MR) is 165 cm³/mol. The molecule has 0 aromatic heterocycles. The van der Waals surface area contributed by atoms with Gasteiger partial charge in [-0.3, -0.25) is 0 Å². The number of benzene rings is 1. The van der Waals surface area contributed by atoms with E-state index in [2.05, 4.69) is 0 Å². The average molecular weight is 723 g/mol. The third kappa shape index (κ3) is 10.4. The van der Waals surface area contributed by atoms with Crippen LogP contribution in [0.3, 0.4) is 0 Å². The Hall–Kier alpha value is -0.830. The van der Waals surface area contributed by atoms with E-state index < -0.39 is 105 Å². The summed E-state index contributed by atoms with van der Waals surface area (Å²) in [6.07, 6.45) is -12.8. The summed E-state index contributed by atoms with van der Waals surface area (Å²) in [6.45, 7) is 0.481. The Balaban J connectivity index is 0.00000562. The zero-order valence-electron chi connectivity index (χ0n) is 28.7. The van der Waals surface area contributed by atoms with Gasteiger partial charge in [-0.15, -0.1) is 0 Å². The molecule has 278 valence electrons. The fraction of sp³-hybridized carbons (Fsp3) is 0.794. The van der Waals surface area contributed by atoms with Gasteiger partial charge in [-0.1, -0.05) is 62.4 Å². The van der Waals surface area contributed by atoms with Crippen LogP contribution in [-0.2, 0) is 44.6 Å². The average Bonchev–Trinajstić information content (AvgIpc) is 3.11. The molecule has 1 aromatic rings. The summed E-state index contributed by atoms with van der Waals surface area (Å²) in [5.41, 5.74) is 0.767. The molecule has 1 aliphatic carbocycles. The second-order valence-corrected chi connectivity index (χ2v) is 13.5. The predicted octanol–water partition coefficient (Wildman–Crippen LogP) is -4.49. The van der Waals surface area contributed by atoms with E-state index >= 15 is 0 Å². The van der Waals surface area contributed by atoms with Crippen LogP contribution >= 0.6 is 0 Å². The van der Waals surface area contributed by atoms with Crippen molar-refractivity contribution in [3.05, 3.63) is 35.9 Å². The standard InChI is InChI=1S/C34H52O15.Na/c1-18-25(37)27(39)28(40)33(45-18)49-29-21(12-13-43-24(29)16-36)47-34-31(44-17-20-10-6-3-7-11-20)30(26(38)23(15-35)48-34)46-22(32(41)42)14-19-8-4-2-5-9-19;/h3,6-7,10-11,18-19,21-31,33-40H,2,4-5,8-9,12-17H2,1H3,(H,41,42);/q;+1/p-1/t18?,21?,22-,23?,24?,25?,26?,27?,28?,29?,30?,31?,33?,34?;/m0./s1. The van der Waals surface area contributed by atoms with Gasteiger partial charge in [0.25, 0.3) is 0 Å². The molecule has 6 N–H and O–H groups in total. The number of ether oxygens (including phenoxy) is 7. The first-order valence-corrected chi connectivity index (χ1v) is 17.3. The summed E-state index contributed by atoms with van der Waals surface area (Å²) in [5, 5.41) is 75.3. The Labute approximate surface area is 314 Å². The number of carbonyl (C=O) groups is 1. The van der Waals surface area contributed by atoms with Crippen molar-refractivity contribution in [3.63, 3.8) is 0 Å². The number of carboxylic acids is 1. The fourth-order valence-corrected chi connectivity index (χ4v) is 7.14. The molecule has 0 bridgehead atoms. The minimum Gasteiger partial charge on any atom is -0.547 e. The minimum atomic E-state index is -1.64. The number of hydrogen-bond donors (Lipinski definition) is 6. The van der Waals surface area contributed by atoms with Crippen molar-refractivity contribution in [2.75, 3.05) is 19.8 Å². The van der Waals surface area contributed by atoms with Gasteiger partial charge in [0.2, 0.25) is 0 Å². The fourth-order valence-electron chi connectivity index (χ4n) is 7.14. The molecular formula is C34H51NaO15. The normalized spacial score (nSPS) is 39.0. The van der Waals surface area contributed by atoms with Gasteiger partial charge in [0.05, 0.1) is 44.1 Å². The largest absolute Gasteiger partial charge is 1.00 e. The number of aliphatic carboxylic acids is 1. The molecule has 3 heterocycles. The Morgan fingerprint density at radius 1 is 0.840 bits per heavy atom. The molecule has 13 unspecified atom stereocenters. The van der Waals surface area contributed by atoms with E-state index in [1.807, 2.05) is 30.3 Å². The molecule has 1 saturated carbocycles. The maximum atomic E-state index is 12.4. The summed E-state index contributed by atoms with van der Waals surface area (Å²) in [5.74, 6) is -1.33. The number of hydrogen-bond acceptors (Lipinski definition) is 15. The van der Waals surface area contributed by atoms with Gasteiger partial charge in [0, 0.05) is 6.61 Å². The van der Waals surface area contributed by atoms with Crippen molar-refractivity contribution in [1.82, 2.24) is 0 Å². The second kappa shape index (κ2) is 20.0. The third-order valence-corrected chi connectivity index (χ3v) is 10.00. The van der Waals surface area contributed by atoms with E-state index in [0.717, 1.165) is 37.7 Å². The van der Waals surface area contributed by atoms with E-state index in [-0.39, 0.29) is 61.5 Å².